The van der Waals surface area contributed by atoms with Crippen molar-refractivity contribution in [3.8, 4) is 0 Å². The summed E-state index contributed by atoms with van der Waals surface area (Å²) in [6.45, 7) is 3.22. The zero-order valence-electron chi connectivity index (χ0n) is 14.8. The summed E-state index contributed by atoms with van der Waals surface area (Å²) >= 11 is 0. The number of carbonyl (C=O) groups excluding carboxylic acids is 1. The second-order valence-corrected chi connectivity index (χ2v) is 8.20. The third-order valence-electron chi connectivity index (χ3n) is 4.15. The van der Waals surface area contributed by atoms with E-state index < -0.39 is 27.8 Å². The molecule has 1 atom stereocenters. The molecule has 0 spiro atoms. The Morgan fingerprint density at radius 2 is 1.73 bits per heavy atom. The Balaban J connectivity index is 2.48. The van der Waals surface area contributed by atoms with Gasteiger partial charge in [-0.05, 0) is 37.1 Å². The molecule has 0 heterocycles. The number of aliphatic carboxylic acids is 1. The minimum atomic E-state index is -3.48. The Hall–Kier alpha value is -2.67. The van der Waals surface area contributed by atoms with Crippen molar-refractivity contribution in [3.63, 3.8) is 0 Å². The zero-order valence-corrected chi connectivity index (χ0v) is 15.7. The van der Waals surface area contributed by atoms with E-state index in [2.05, 4.69) is 0 Å². The Labute approximate surface area is 153 Å². The Morgan fingerprint density at radius 1 is 1.12 bits per heavy atom. The molecule has 138 valence electrons. The van der Waals surface area contributed by atoms with Crippen molar-refractivity contribution in [1.29, 1.82) is 0 Å². The van der Waals surface area contributed by atoms with Crippen molar-refractivity contribution in [2.24, 2.45) is 0 Å². The summed E-state index contributed by atoms with van der Waals surface area (Å²) in [5, 5.41) is 9.39. The number of aryl methyl sites for hydroxylation is 1. The molecule has 0 radical (unpaired) electrons. The lowest BCUT2D eigenvalue weighted by Gasteiger charge is -2.27. The summed E-state index contributed by atoms with van der Waals surface area (Å²) in [4.78, 5) is 25.8. The number of rotatable bonds is 6. The topological polar surface area (TPSA) is 91.8 Å². The molecule has 0 bridgehead atoms. The van der Waals surface area contributed by atoms with Gasteiger partial charge in [-0.25, -0.2) is 13.2 Å². The number of nitrogens with zero attached hydrogens (tertiary/aromatic N) is 1. The standard InChI is InChI=1S/C19H21NO5S/c1-13-9-10-16(26(3,24)25)11-17(13)18(21)20(14(2)19(22)23)12-15-7-5-4-6-8-15/h4-11,14H,12H2,1-3H3,(H,22,23). The molecule has 1 amide bonds. The fourth-order valence-corrected chi connectivity index (χ4v) is 3.16. The van der Waals surface area contributed by atoms with Crippen LogP contribution in [0.1, 0.15) is 28.4 Å². The van der Waals surface area contributed by atoms with E-state index in [4.69, 9.17) is 0 Å². The number of carboxylic acids is 1. The lowest BCUT2D eigenvalue weighted by atomic mass is 10.1. The molecular weight excluding hydrogens is 354 g/mol. The van der Waals surface area contributed by atoms with Crippen LogP contribution < -0.4 is 0 Å². The zero-order chi connectivity index (χ0) is 19.5. The molecule has 1 N–H and O–H groups in total. The molecule has 2 aromatic rings. The molecule has 7 heteroatoms. The van der Waals surface area contributed by atoms with Crippen LogP contribution in [-0.4, -0.2) is 42.6 Å². The minimum absolute atomic E-state index is 0.0223. The Kier molecular flexibility index (Phi) is 5.82. The van der Waals surface area contributed by atoms with Crippen LogP contribution in [0.15, 0.2) is 53.4 Å². The Morgan fingerprint density at radius 3 is 2.27 bits per heavy atom. The number of carboxylic acid groups (broad SMARTS) is 1. The molecule has 0 fully saturated rings. The summed E-state index contributed by atoms with van der Waals surface area (Å²) < 4.78 is 23.6. The van der Waals surface area contributed by atoms with Crippen LogP contribution in [0.25, 0.3) is 0 Å². The smallest absolute Gasteiger partial charge is 0.326 e. The van der Waals surface area contributed by atoms with Gasteiger partial charge in [0.05, 0.1) is 4.90 Å². The minimum Gasteiger partial charge on any atom is -0.480 e. The van der Waals surface area contributed by atoms with Gasteiger partial charge in [-0.2, -0.15) is 0 Å². The van der Waals surface area contributed by atoms with E-state index in [-0.39, 0.29) is 17.0 Å². The van der Waals surface area contributed by atoms with Gasteiger partial charge in [-0.15, -0.1) is 0 Å². The van der Waals surface area contributed by atoms with Crippen molar-refractivity contribution in [1.82, 2.24) is 4.90 Å². The normalized spacial score (nSPS) is 12.4. The summed E-state index contributed by atoms with van der Waals surface area (Å²) in [5.41, 5.74) is 1.54. The largest absolute Gasteiger partial charge is 0.480 e. The second-order valence-electron chi connectivity index (χ2n) is 6.18. The third kappa shape index (κ3) is 4.49. The van der Waals surface area contributed by atoms with Crippen LogP contribution in [0.3, 0.4) is 0 Å². The SMILES string of the molecule is Cc1ccc(S(C)(=O)=O)cc1C(=O)N(Cc1ccccc1)C(C)C(=O)O. The summed E-state index contributed by atoms with van der Waals surface area (Å²) in [5.74, 6) is -1.65. The Bertz CT molecular complexity index is 922. The van der Waals surface area contributed by atoms with Gasteiger partial charge in [0.25, 0.3) is 5.91 Å². The molecule has 0 aliphatic heterocycles. The number of benzene rings is 2. The van der Waals surface area contributed by atoms with Crippen LogP contribution in [0.4, 0.5) is 0 Å². The van der Waals surface area contributed by atoms with Crippen LogP contribution in [0, 0.1) is 6.92 Å². The highest BCUT2D eigenvalue weighted by molar-refractivity contribution is 7.90. The predicted molar refractivity (Wildman–Crippen MR) is 97.7 cm³/mol. The first kappa shape index (κ1) is 19.7. The van der Waals surface area contributed by atoms with Gasteiger partial charge in [-0.3, -0.25) is 4.79 Å². The van der Waals surface area contributed by atoms with Crippen molar-refractivity contribution >= 4 is 21.7 Å². The van der Waals surface area contributed by atoms with Crippen molar-refractivity contribution in [2.45, 2.75) is 31.3 Å². The molecule has 0 aromatic heterocycles. The summed E-state index contributed by atoms with van der Waals surface area (Å²) in [6.07, 6.45) is 1.06. The third-order valence-corrected chi connectivity index (χ3v) is 5.26. The van der Waals surface area contributed by atoms with E-state index in [1.54, 1.807) is 37.3 Å². The monoisotopic (exact) mass is 375 g/mol. The summed E-state index contributed by atoms with van der Waals surface area (Å²) in [7, 11) is -3.48. The number of amides is 1. The average molecular weight is 375 g/mol. The van der Waals surface area contributed by atoms with E-state index in [1.807, 2.05) is 6.07 Å². The van der Waals surface area contributed by atoms with Crippen LogP contribution in [0.2, 0.25) is 0 Å². The van der Waals surface area contributed by atoms with E-state index in [9.17, 15) is 23.1 Å². The number of carbonyl (C=O) groups is 2. The molecule has 0 aliphatic rings. The van der Waals surface area contributed by atoms with E-state index in [0.717, 1.165) is 11.8 Å². The van der Waals surface area contributed by atoms with E-state index in [0.29, 0.717) is 5.56 Å². The maximum absolute atomic E-state index is 13.1. The predicted octanol–water partition coefficient (Wildman–Crippen LogP) is 2.51. The number of hydrogen-bond acceptors (Lipinski definition) is 4. The van der Waals surface area contributed by atoms with Gasteiger partial charge in [-0.1, -0.05) is 36.4 Å². The highest BCUT2D eigenvalue weighted by atomic mass is 32.2. The fraction of sp³-hybridized carbons (Fsp3) is 0.263. The summed E-state index contributed by atoms with van der Waals surface area (Å²) in [6, 6.07) is 12.3. The molecule has 26 heavy (non-hydrogen) atoms. The van der Waals surface area contributed by atoms with Gasteiger partial charge < -0.3 is 10.0 Å². The van der Waals surface area contributed by atoms with Crippen LogP contribution in [-0.2, 0) is 21.2 Å². The van der Waals surface area contributed by atoms with Gasteiger partial charge >= 0.3 is 5.97 Å². The van der Waals surface area contributed by atoms with Crippen molar-refractivity contribution in [2.75, 3.05) is 6.26 Å². The van der Waals surface area contributed by atoms with E-state index in [1.165, 1.54) is 24.0 Å². The molecule has 6 nitrogen and oxygen atoms in total. The van der Waals surface area contributed by atoms with Gasteiger partial charge in [0.2, 0.25) is 0 Å². The van der Waals surface area contributed by atoms with Gasteiger partial charge in [0.15, 0.2) is 9.84 Å². The first-order valence-electron chi connectivity index (χ1n) is 7.99. The molecule has 0 saturated carbocycles. The van der Waals surface area contributed by atoms with E-state index >= 15 is 0 Å². The van der Waals surface area contributed by atoms with Crippen LogP contribution in [0.5, 0.6) is 0 Å². The van der Waals surface area contributed by atoms with Crippen LogP contribution >= 0.6 is 0 Å². The lowest BCUT2D eigenvalue weighted by Crippen LogP contribution is -2.43. The average Bonchev–Trinajstić information content (AvgIpc) is 2.58. The molecule has 1 unspecified atom stereocenters. The maximum Gasteiger partial charge on any atom is 0.326 e. The highest BCUT2D eigenvalue weighted by Gasteiger charge is 2.28. The number of sulfone groups is 1. The quantitative estimate of drug-likeness (QED) is 0.838. The second kappa shape index (κ2) is 7.70. The van der Waals surface area contributed by atoms with Crippen molar-refractivity contribution < 1.29 is 23.1 Å². The number of hydrogen-bond donors (Lipinski definition) is 1. The highest BCUT2D eigenvalue weighted by Crippen LogP contribution is 2.20. The molecule has 2 aromatic carbocycles. The fourth-order valence-electron chi connectivity index (χ4n) is 2.51. The molecule has 2 rings (SSSR count). The molecule has 0 saturated heterocycles. The van der Waals surface area contributed by atoms with Gasteiger partial charge in [0, 0.05) is 18.4 Å². The van der Waals surface area contributed by atoms with Crippen molar-refractivity contribution in [3.05, 3.63) is 65.2 Å². The molecular formula is C19H21NO5S. The first-order valence-corrected chi connectivity index (χ1v) is 9.89. The first-order chi connectivity index (χ1) is 12.1. The maximum atomic E-state index is 13.1. The lowest BCUT2D eigenvalue weighted by molar-refractivity contribution is -0.141. The molecule has 0 aliphatic carbocycles. The van der Waals surface area contributed by atoms with Gasteiger partial charge in [0.1, 0.15) is 6.04 Å².